The molecule has 0 amide bonds. The maximum atomic E-state index is 14.3. The molecule has 7 aromatic heterocycles. The van der Waals surface area contributed by atoms with Crippen molar-refractivity contribution in [3.8, 4) is 137 Å². The lowest BCUT2D eigenvalue weighted by molar-refractivity contribution is -0.140. The number of rotatable bonds is 17. The molecular formula is C97H65Cl6F11N20O11S. The van der Waals surface area contributed by atoms with Crippen LogP contribution in [0.5, 0.6) is 57.5 Å². The third kappa shape index (κ3) is 29.1. The van der Waals surface area contributed by atoms with Gasteiger partial charge in [0.05, 0.1) is 143 Å². The van der Waals surface area contributed by atoms with E-state index in [1.165, 1.54) is 104 Å². The van der Waals surface area contributed by atoms with E-state index >= 15 is 0 Å². The number of halogens is 17. The first-order valence-corrected chi connectivity index (χ1v) is 44.5. The van der Waals surface area contributed by atoms with E-state index in [9.17, 15) is 67.1 Å². The highest BCUT2D eigenvalue weighted by Crippen LogP contribution is 2.47. The van der Waals surface area contributed by atoms with E-state index in [2.05, 4.69) is 76.3 Å². The number of nitrogen functional groups attached to an aromatic ring is 1. The Labute approximate surface area is 851 Å². The lowest BCUT2D eigenvalue weighted by atomic mass is 10.0. The summed E-state index contributed by atoms with van der Waals surface area (Å²) in [6.45, 7) is 11.9. The Hall–Kier alpha value is -17.0. The van der Waals surface area contributed by atoms with Gasteiger partial charge in [-0.1, -0.05) is 78.6 Å². The maximum absolute atomic E-state index is 14.3. The molecule has 0 saturated heterocycles. The number of benzene rings is 10. The number of anilines is 2. The highest BCUT2D eigenvalue weighted by atomic mass is 35.5. The Morgan fingerprint density at radius 2 is 0.740 bits per heavy atom. The van der Waals surface area contributed by atoms with E-state index in [4.69, 9.17) is 118 Å². The number of sulfonamides is 1. The Kier molecular flexibility index (Phi) is 38.0. The van der Waals surface area contributed by atoms with E-state index in [0.717, 1.165) is 36.1 Å². The minimum atomic E-state index is -4.95. The second-order valence-corrected chi connectivity index (χ2v) is 33.8. The van der Waals surface area contributed by atoms with Gasteiger partial charge < -0.3 is 48.9 Å². The van der Waals surface area contributed by atoms with Crippen LogP contribution in [-0.4, -0.2) is 97.7 Å². The van der Waals surface area contributed by atoms with Crippen molar-refractivity contribution < 1.29 is 99.9 Å². The third-order valence-electron chi connectivity index (χ3n) is 19.0. The van der Waals surface area contributed by atoms with Gasteiger partial charge in [0.2, 0.25) is 10.0 Å². The number of phenols is 1. The molecule has 0 aliphatic heterocycles. The lowest BCUT2D eigenvalue weighted by Crippen LogP contribution is -2.09. The molecule has 7 heterocycles. The fourth-order valence-corrected chi connectivity index (χ4v) is 13.6. The van der Waals surface area contributed by atoms with Gasteiger partial charge in [0, 0.05) is 116 Å². The molecule has 0 atom stereocenters. The van der Waals surface area contributed by atoms with Crippen LogP contribution in [0.2, 0.25) is 25.1 Å². The molecular weight excluding hydrogens is 2070 g/mol. The average molecular weight is 2140 g/mol. The SMILES string of the molecule is CC(C)=NO.CC(C)=NOc1cc(Oc2cc(F)c(C)cc2-c2ccnnc2)c(Cl)cc1C#N.CS(=O)(=O)Nc1noc2cc(Oc3cc(F)c(C(F)(F)F)cc3-c3ccnnc3)c(Cl)cc12.Cc1cc(-c2ccnnc2)c(Oc2cc(F)c(C#N)cc2Cl)cc1F.Cc1cc(-c2ccnnc2)c(Oc2cc3onc(N)c3cc2Cl)cc1F.Cl.N#Cc1cc(-c2ccnnc2)c(O)cc1F.N#Cc1cc(Cl)c(F)cc1F. The monoisotopic (exact) mass is 2140 g/mol. The number of nitriles is 4. The molecule has 0 radical (unpaired) electrons. The first-order chi connectivity index (χ1) is 69.0. The van der Waals surface area contributed by atoms with E-state index in [0.29, 0.717) is 107 Å². The largest absolute Gasteiger partial charge is 0.507 e. The van der Waals surface area contributed by atoms with E-state index < -0.39 is 68.3 Å². The van der Waals surface area contributed by atoms with Crippen LogP contribution in [0.25, 0.3) is 77.6 Å². The predicted molar refractivity (Wildman–Crippen MR) is 520 cm³/mol. The van der Waals surface area contributed by atoms with Crippen LogP contribution >= 0.6 is 70.4 Å². The number of hydrogen-bond acceptors (Lipinski definition) is 30. The molecule has 0 fully saturated rings. The topological polar surface area (TPSA) is 460 Å². The number of aromatic hydroxyl groups is 1. The summed E-state index contributed by atoms with van der Waals surface area (Å²) in [6, 6.07) is 39.4. The number of nitrogens with two attached hydrogens (primary N) is 1. The summed E-state index contributed by atoms with van der Waals surface area (Å²) >= 11 is 30.1. The molecule has 0 saturated carbocycles. The van der Waals surface area contributed by atoms with Crippen molar-refractivity contribution in [3.63, 3.8) is 0 Å². The van der Waals surface area contributed by atoms with Crippen LogP contribution in [0.3, 0.4) is 0 Å². The molecule has 5 N–H and O–H groups in total. The molecule has 0 aliphatic rings. The highest BCUT2D eigenvalue weighted by Gasteiger charge is 2.36. The van der Waals surface area contributed by atoms with E-state index in [1.807, 2.05) is 6.07 Å². The molecule has 0 spiro atoms. The van der Waals surface area contributed by atoms with E-state index in [-0.39, 0.29) is 140 Å². The summed E-state index contributed by atoms with van der Waals surface area (Å²) in [5.41, 5.74) is 11.9. The molecule has 744 valence electrons. The van der Waals surface area contributed by atoms with Gasteiger partial charge in [-0.2, -0.15) is 85.2 Å². The number of phenolic OH excluding ortho intramolecular Hbond substituents is 1. The predicted octanol–water partition coefficient (Wildman–Crippen LogP) is 26.4. The number of nitrogens with zero attached hydrogens (tertiary/aromatic N) is 18. The van der Waals surface area contributed by atoms with Crippen molar-refractivity contribution >= 4 is 125 Å². The quantitative estimate of drug-likeness (QED) is 0.0216. The second-order valence-electron chi connectivity index (χ2n) is 30.0. The molecule has 17 rings (SSSR count). The van der Waals surface area contributed by atoms with Crippen LogP contribution < -0.4 is 34.2 Å². The third-order valence-corrected chi connectivity index (χ3v) is 21.1. The molecule has 49 heteroatoms. The van der Waals surface area contributed by atoms with Crippen molar-refractivity contribution in [2.75, 3.05) is 16.7 Å². The normalized spacial score (nSPS) is 10.5. The van der Waals surface area contributed by atoms with Crippen LogP contribution in [-0.2, 0) is 16.2 Å². The van der Waals surface area contributed by atoms with Gasteiger partial charge in [-0.25, -0.2) is 43.5 Å². The molecule has 146 heavy (non-hydrogen) atoms. The van der Waals surface area contributed by atoms with Gasteiger partial charge in [0.15, 0.2) is 28.6 Å². The standard InChI is InChI=1S/C21H16ClFN4O2.C19H11ClF4N4O4S.C18H10ClF2N3O.C18H12ClFN4O2.C11H6FN3O.C7H2ClF2N.C3H7NO.ClH/c1-12(2)27-29-19-9-21(17(22)7-15(19)10-24)28-20-8-18(23)13(3)6-16(20)14-4-5-25-26-11-14;1-33(29,30)28-18-11-5-13(20)17(7-16(11)32-27-18)31-15-6-14(21)12(19(22,23)24)4-10(15)9-2-3-25-26-8-9;1-10-4-13(11-2-3-23-24-9-11)17(6-15(10)20)25-18-7-16(21)12(8-22)5-14(18)19;1-9-4-11(10-2-3-22-23-8-10)15(6-14(9)20)25-17-7-16-12(5-13(17)19)18(21)24-26-16;12-10-4-11(16)9(3-8(10)5-13)7-1-2-14-15-6-7;8-5-1-4(3-11)6(9)2-7(5)10;1-3(2)4-5;/h4-9,11H,1-3H3;2-8H,1H3,(H,27,28);2-7,9H,1H3;2-8H,1H3,(H2,21,24);1-4,6,16H;1-2H;5H,1-2H3;1H. The van der Waals surface area contributed by atoms with Crippen molar-refractivity contribution in [1.82, 2.24) is 61.3 Å². The van der Waals surface area contributed by atoms with Gasteiger partial charge >= 0.3 is 6.18 Å². The number of aryl methyl sites for hydroxylation is 3. The van der Waals surface area contributed by atoms with Crippen molar-refractivity contribution in [1.29, 1.82) is 21.0 Å². The minimum Gasteiger partial charge on any atom is -0.507 e. The van der Waals surface area contributed by atoms with E-state index in [1.54, 1.807) is 134 Å². The number of hydrogen-bond donors (Lipinski definition) is 4. The van der Waals surface area contributed by atoms with Gasteiger partial charge in [0.25, 0.3) is 0 Å². The summed E-state index contributed by atoms with van der Waals surface area (Å²) in [5.74, 6) is -5.35. The highest BCUT2D eigenvalue weighted by molar-refractivity contribution is 7.92. The minimum absolute atomic E-state index is 0. The summed E-state index contributed by atoms with van der Waals surface area (Å²) in [7, 11) is -3.66. The molecule has 0 aliphatic carbocycles. The Bertz CT molecular complexity index is 8050. The molecule has 17 aromatic rings. The van der Waals surface area contributed by atoms with Crippen molar-refractivity contribution in [3.05, 3.63) is 330 Å². The average Bonchev–Trinajstić information content (AvgIpc) is 1.76. The van der Waals surface area contributed by atoms with Crippen LogP contribution in [0, 0.1) is 113 Å². The van der Waals surface area contributed by atoms with Gasteiger partial charge in [-0.05, 0) is 156 Å². The van der Waals surface area contributed by atoms with Crippen LogP contribution in [0.4, 0.5) is 59.9 Å². The zero-order valence-electron chi connectivity index (χ0n) is 75.8. The number of ether oxygens (including phenoxy) is 4. The summed E-state index contributed by atoms with van der Waals surface area (Å²) in [4.78, 5) is 5.32. The second kappa shape index (κ2) is 50.1. The molecule has 0 unspecified atom stereocenters. The Morgan fingerprint density at radius 1 is 0.404 bits per heavy atom. The smallest absolute Gasteiger partial charge is 0.419 e. The molecule has 10 aromatic carbocycles. The summed E-state index contributed by atoms with van der Waals surface area (Å²) in [6.07, 6.45) is 10.5. The maximum Gasteiger partial charge on any atom is 0.419 e. The lowest BCUT2D eigenvalue weighted by Gasteiger charge is -2.16. The first-order valence-electron chi connectivity index (χ1n) is 40.7. The number of aromatic nitrogens is 12. The fourth-order valence-electron chi connectivity index (χ4n) is 12.1. The molecule has 31 nitrogen and oxygen atoms in total. The fraction of sp³-hybridized carbons (Fsp3) is 0.0928. The van der Waals surface area contributed by atoms with Crippen LogP contribution in [0.1, 0.15) is 72.2 Å². The van der Waals surface area contributed by atoms with Crippen molar-refractivity contribution in [2.24, 2.45) is 10.3 Å². The number of fused-ring (bicyclic) bond motifs is 2. The first kappa shape index (κ1) is 111. The van der Waals surface area contributed by atoms with Gasteiger partial charge in [-0.3, -0.25) is 4.72 Å². The Balaban J connectivity index is 0.000000182. The molecule has 0 bridgehead atoms. The number of oxime groups is 2. The van der Waals surface area contributed by atoms with Crippen molar-refractivity contribution in [2.45, 2.75) is 54.6 Å². The van der Waals surface area contributed by atoms with Gasteiger partial charge in [-0.15, -0.1) is 12.4 Å². The Morgan fingerprint density at radius 3 is 1.13 bits per heavy atom. The number of alkyl halides is 3. The van der Waals surface area contributed by atoms with Crippen LogP contribution in [0.15, 0.2) is 233 Å². The zero-order chi connectivity index (χ0) is 105. The summed E-state index contributed by atoms with van der Waals surface area (Å²) in [5, 5.41) is 104. The van der Waals surface area contributed by atoms with Gasteiger partial charge in [0.1, 0.15) is 123 Å². The zero-order valence-corrected chi connectivity index (χ0v) is 81.2. The number of nitrogens with one attached hydrogen (secondary N) is 1. The summed E-state index contributed by atoms with van der Waals surface area (Å²) < 4.78 is 207.